The fraction of sp³-hybridized carbons (Fsp3) is 0.316. The molecule has 3 aromatic heterocycles. The molecule has 8 nitrogen and oxygen atoms in total. The number of fused-ring (bicyclic) bond motifs is 1. The van der Waals surface area contributed by atoms with E-state index in [0.29, 0.717) is 37.6 Å². The summed E-state index contributed by atoms with van der Waals surface area (Å²) in [5.41, 5.74) is 3.39. The SMILES string of the molecule is CC(=O)N1CCc2c(nc(-c3ccccn3)nc2NCc2cc(C)on2)C1. The van der Waals surface area contributed by atoms with Crippen LogP contribution >= 0.6 is 0 Å². The quantitative estimate of drug-likeness (QED) is 0.759. The lowest BCUT2D eigenvalue weighted by Gasteiger charge is -2.28. The summed E-state index contributed by atoms with van der Waals surface area (Å²) in [5.74, 6) is 2.11. The number of pyridine rings is 1. The third-order valence-corrected chi connectivity index (χ3v) is 4.52. The molecular weight excluding hydrogens is 344 g/mol. The minimum atomic E-state index is 0.0474. The molecule has 0 aromatic carbocycles. The number of hydrogen-bond acceptors (Lipinski definition) is 7. The van der Waals surface area contributed by atoms with E-state index in [9.17, 15) is 4.79 Å². The maximum Gasteiger partial charge on any atom is 0.219 e. The van der Waals surface area contributed by atoms with Crippen molar-refractivity contribution in [2.75, 3.05) is 11.9 Å². The summed E-state index contributed by atoms with van der Waals surface area (Å²) in [5, 5.41) is 7.36. The normalized spacial score (nSPS) is 13.3. The third-order valence-electron chi connectivity index (χ3n) is 4.52. The van der Waals surface area contributed by atoms with Crippen molar-refractivity contribution in [3.05, 3.63) is 53.2 Å². The highest BCUT2D eigenvalue weighted by Gasteiger charge is 2.24. The third kappa shape index (κ3) is 3.64. The minimum absolute atomic E-state index is 0.0474. The minimum Gasteiger partial charge on any atom is -0.364 e. The van der Waals surface area contributed by atoms with E-state index in [2.05, 4.69) is 15.5 Å². The van der Waals surface area contributed by atoms with E-state index in [1.54, 1.807) is 18.0 Å². The van der Waals surface area contributed by atoms with Crippen molar-refractivity contribution >= 4 is 11.7 Å². The first-order chi connectivity index (χ1) is 13.1. The van der Waals surface area contributed by atoms with Crippen molar-refractivity contribution in [2.24, 2.45) is 0 Å². The Hall–Kier alpha value is -3.29. The van der Waals surface area contributed by atoms with Crippen molar-refractivity contribution < 1.29 is 9.32 Å². The lowest BCUT2D eigenvalue weighted by atomic mass is 10.0. The Labute approximate surface area is 156 Å². The molecular formula is C19H20N6O2. The number of nitrogens with zero attached hydrogens (tertiary/aromatic N) is 5. The molecule has 0 saturated carbocycles. The van der Waals surface area contributed by atoms with E-state index in [0.717, 1.165) is 28.5 Å². The lowest BCUT2D eigenvalue weighted by molar-refractivity contribution is -0.129. The monoisotopic (exact) mass is 364 g/mol. The Kier molecular flexibility index (Phi) is 4.53. The maximum atomic E-state index is 11.8. The number of aromatic nitrogens is 4. The van der Waals surface area contributed by atoms with Gasteiger partial charge in [-0.2, -0.15) is 0 Å². The molecule has 0 radical (unpaired) electrons. The summed E-state index contributed by atoms with van der Waals surface area (Å²) in [6.45, 7) is 5.08. The summed E-state index contributed by atoms with van der Waals surface area (Å²) in [7, 11) is 0. The summed E-state index contributed by atoms with van der Waals surface area (Å²) < 4.78 is 5.12. The molecule has 0 aliphatic carbocycles. The summed E-state index contributed by atoms with van der Waals surface area (Å²) >= 11 is 0. The Morgan fingerprint density at radius 2 is 2.22 bits per heavy atom. The predicted octanol–water partition coefficient (Wildman–Crippen LogP) is 2.35. The van der Waals surface area contributed by atoms with E-state index >= 15 is 0 Å². The van der Waals surface area contributed by atoms with Crippen LogP contribution in [0, 0.1) is 6.92 Å². The highest BCUT2D eigenvalue weighted by molar-refractivity contribution is 5.74. The average molecular weight is 364 g/mol. The Morgan fingerprint density at radius 1 is 1.33 bits per heavy atom. The molecule has 1 aliphatic heterocycles. The molecule has 4 heterocycles. The van der Waals surface area contributed by atoms with Crippen molar-refractivity contribution in [3.63, 3.8) is 0 Å². The largest absolute Gasteiger partial charge is 0.364 e. The van der Waals surface area contributed by atoms with E-state index in [-0.39, 0.29) is 5.91 Å². The first kappa shape index (κ1) is 17.1. The second-order valence-corrected chi connectivity index (χ2v) is 6.51. The Morgan fingerprint density at radius 3 is 2.93 bits per heavy atom. The van der Waals surface area contributed by atoms with Gasteiger partial charge in [0, 0.05) is 31.3 Å². The zero-order valence-corrected chi connectivity index (χ0v) is 15.3. The molecule has 0 unspecified atom stereocenters. The second-order valence-electron chi connectivity index (χ2n) is 6.51. The molecule has 4 rings (SSSR count). The fourth-order valence-electron chi connectivity index (χ4n) is 3.13. The van der Waals surface area contributed by atoms with Crippen LogP contribution in [0.25, 0.3) is 11.5 Å². The van der Waals surface area contributed by atoms with Crippen molar-refractivity contribution in [1.29, 1.82) is 0 Å². The van der Waals surface area contributed by atoms with Gasteiger partial charge in [0.1, 0.15) is 23.0 Å². The van der Waals surface area contributed by atoms with Gasteiger partial charge in [-0.05, 0) is 25.5 Å². The zero-order chi connectivity index (χ0) is 18.8. The standard InChI is InChI=1S/C19H20N6O2/c1-12-9-14(24-27-12)10-21-18-15-6-8-25(13(2)26)11-17(15)22-19(23-18)16-5-3-4-7-20-16/h3-5,7,9H,6,8,10-11H2,1-2H3,(H,21,22,23). The van der Waals surface area contributed by atoms with Crippen LogP contribution in [-0.4, -0.2) is 37.5 Å². The molecule has 0 fully saturated rings. The van der Waals surface area contributed by atoms with Crippen LogP contribution in [0.1, 0.15) is 29.6 Å². The number of carbonyl (C=O) groups is 1. The lowest BCUT2D eigenvalue weighted by Crippen LogP contribution is -2.35. The molecule has 1 amide bonds. The summed E-state index contributed by atoms with van der Waals surface area (Å²) in [6, 6.07) is 7.51. The molecule has 0 bridgehead atoms. The molecule has 1 aliphatic rings. The Bertz CT molecular complexity index is 970. The molecule has 27 heavy (non-hydrogen) atoms. The molecule has 138 valence electrons. The number of hydrogen-bond donors (Lipinski definition) is 1. The van der Waals surface area contributed by atoms with Gasteiger partial charge in [0.25, 0.3) is 0 Å². The van der Waals surface area contributed by atoms with Crippen LogP contribution < -0.4 is 5.32 Å². The van der Waals surface area contributed by atoms with Gasteiger partial charge < -0.3 is 14.7 Å². The van der Waals surface area contributed by atoms with E-state index in [4.69, 9.17) is 14.5 Å². The Balaban J connectivity index is 1.70. The van der Waals surface area contributed by atoms with Gasteiger partial charge in [0.15, 0.2) is 5.82 Å². The van der Waals surface area contributed by atoms with Crippen LogP contribution in [0.15, 0.2) is 35.0 Å². The van der Waals surface area contributed by atoms with Crippen molar-refractivity contribution in [2.45, 2.75) is 33.4 Å². The van der Waals surface area contributed by atoms with Gasteiger partial charge in [-0.15, -0.1) is 0 Å². The molecule has 8 heteroatoms. The fourth-order valence-corrected chi connectivity index (χ4v) is 3.13. The number of nitrogens with one attached hydrogen (secondary N) is 1. The highest BCUT2D eigenvalue weighted by atomic mass is 16.5. The molecule has 0 saturated heterocycles. The van der Waals surface area contributed by atoms with Crippen LogP contribution in [-0.2, 0) is 24.3 Å². The number of anilines is 1. The van der Waals surface area contributed by atoms with Gasteiger partial charge in [-0.3, -0.25) is 9.78 Å². The number of rotatable bonds is 4. The van der Waals surface area contributed by atoms with E-state index in [1.807, 2.05) is 31.2 Å². The zero-order valence-electron chi connectivity index (χ0n) is 15.3. The summed E-state index contributed by atoms with van der Waals surface area (Å²) in [6.07, 6.45) is 2.42. The predicted molar refractivity (Wildman–Crippen MR) is 98.6 cm³/mol. The van der Waals surface area contributed by atoms with Gasteiger partial charge in [-0.25, -0.2) is 9.97 Å². The smallest absolute Gasteiger partial charge is 0.219 e. The topological polar surface area (TPSA) is 97.0 Å². The second kappa shape index (κ2) is 7.14. The van der Waals surface area contributed by atoms with Crippen LogP contribution in [0.5, 0.6) is 0 Å². The van der Waals surface area contributed by atoms with Gasteiger partial charge in [-0.1, -0.05) is 11.2 Å². The summed E-state index contributed by atoms with van der Waals surface area (Å²) in [4.78, 5) is 27.3. The van der Waals surface area contributed by atoms with Gasteiger partial charge >= 0.3 is 0 Å². The number of aryl methyl sites for hydroxylation is 1. The molecule has 1 N–H and O–H groups in total. The first-order valence-corrected chi connectivity index (χ1v) is 8.83. The van der Waals surface area contributed by atoms with Crippen LogP contribution in [0.2, 0.25) is 0 Å². The first-order valence-electron chi connectivity index (χ1n) is 8.83. The van der Waals surface area contributed by atoms with Crippen LogP contribution in [0.3, 0.4) is 0 Å². The number of carbonyl (C=O) groups excluding carboxylic acids is 1. The van der Waals surface area contributed by atoms with Crippen molar-refractivity contribution in [3.8, 4) is 11.5 Å². The molecule has 3 aromatic rings. The van der Waals surface area contributed by atoms with Crippen molar-refractivity contribution in [1.82, 2.24) is 25.0 Å². The maximum absolute atomic E-state index is 11.8. The molecule has 0 spiro atoms. The van der Waals surface area contributed by atoms with E-state index in [1.165, 1.54) is 0 Å². The van der Waals surface area contributed by atoms with Gasteiger partial charge in [0.2, 0.25) is 5.91 Å². The van der Waals surface area contributed by atoms with Crippen LogP contribution in [0.4, 0.5) is 5.82 Å². The highest BCUT2D eigenvalue weighted by Crippen LogP contribution is 2.27. The van der Waals surface area contributed by atoms with Gasteiger partial charge in [0.05, 0.1) is 18.8 Å². The van der Waals surface area contributed by atoms with E-state index < -0.39 is 0 Å². The number of amides is 1. The average Bonchev–Trinajstić information content (AvgIpc) is 3.11. The molecule has 0 atom stereocenters.